The van der Waals surface area contributed by atoms with E-state index >= 15 is 0 Å². The lowest BCUT2D eigenvalue weighted by molar-refractivity contribution is 0.0929. The topological polar surface area (TPSA) is 49.3 Å². The molecule has 0 aliphatic heterocycles. The summed E-state index contributed by atoms with van der Waals surface area (Å²) in [5.41, 5.74) is 1.89. The van der Waals surface area contributed by atoms with Crippen LogP contribution in [-0.2, 0) is 5.41 Å². The molecular weight excluding hydrogens is 414 g/mol. The van der Waals surface area contributed by atoms with Gasteiger partial charge in [-0.25, -0.2) is 0 Å². The van der Waals surface area contributed by atoms with Gasteiger partial charge in [-0.05, 0) is 40.7 Å². The van der Waals surface area contributed by atoms with Crippen LogP contribution in [0.5, 0.6) is 0 Å². The molecule has 0 heterocycles. The number of benzene rings is 1. The molecule has 0 aliphatic carbocycles. The number of aliphatic hydroxyl groups is 1. The molecule has 1 aromatic rings. The Kier molecular flexibility index (Phi) is 15.5. The minimum absolute atomic E-state index is 0.0660. The van der Waals surface area contributed by atoms with E-state index in [4.69, 9.17) is 0 Å². The zero-order valence-corrected chi connectivity index (χ0v) is 21.8. The second-order valence-corrected chi connectivity index (χ2v) is 10.8. The Balaban J connectivity index is 2.14. The van der Waals surface area contributed by atoms with E-state index in [1.165, 1.54) is 76.2 Å². The van der Waals surface area contributed by atoms with Crippen LogP contribution >= 0.6 is 11.8 Å². The third-order valence-corrected chi connectivity index (χ3v) is 6.67. The second-order valence-electron chi connectivity index (χ2n) is 9.82. The van der Waals surface area contributed by atoms with Crippen LogP contribution in [0.2, 0.25) is 0 Å². The molecule has 0 aromatic heterocycles. The van der Waals surface area contributed by atoms with Gasteiger partial charge >= 0.3 is 0 Å². The highest BCUT2D eigenvalue weighted by Crippen LogP contribution is 2.22. The van der Waals surface area contributed by atoms with Crippen LogP contribution in [0.25, 0.3) is 0 Å². The molecule has 32 heavy (non-hydrogen) atoms. The fourth-order valence-electron chi connectivity index (χ4n) is 3.60. The van der Waals surface area contributed by atoms with Crippen molar-refractivity contribution in [3.8, 4) is 0 Å². The fourth-order valence-corrected chi connectivity index (χ4v) is 4.40. The average molecular weight is 462 g/mol. The van der Waals surface area contributed by atoms with Crippen LogP contribution < -0.4 is 5.32 Å². The summed E-state index contributed by atoms with van der Waals surface area (Å²) in [5, 5.41) is 14.5. The van der Waals surface area contributed by atoms with Gasteiger partial charge in [0.2, 0.25) is 0 Å². The summed E-state index contributed by atoms with van der Waals surface area (Å²) in [5.74, 6) is 0.943. The molecule has 1 rings (SSSR count). The molecule has 4 heteroatoms. The highest BCUT2D eigenvalue weighted by molar-refractivity contribution is 8.02. The van der Waals surface area contributed by atoms with Gasteiger partial charge in [0.05, 0.1) is 12.6 Å². The number of aliphatic hydroxyl groups excluding tert-OH is 1. The molecule has 0 saturated heterocycles. The molecule has 182 valence electrons. The van der Waals surface area contributed by atoms with Gasteiger partial charge in [0.25, 0.3) is 5.91 Å². The largest absolute Gasteiger partial charge is 0.394 e. The Morgan fingerprint density at radius 2 is 1.47 bits per heavy atom. The van der Waals surface area contributed by atoms with Crippen molar-refractivity contribution in [3.05, 3.63) is 46.9 Å². The first-order valence-electron chi connectivity index (χ1n) is 12.7. The number of carbonyl (C=O) groups is 1. The number of hydrogen-bond acceptors (Lipinski definition) is 3. The summed E-state index contributed by atoms with van der Waals surface area (Å²) >= 11 is 1.76. The first-order valence-corrected chi connectivity index (χ1v) is 13.7. The van der Waals surface area contributed by atoms with E-state index in [1.54, 1.807) is 11.8 Å². The second kappa shape index (κ2) is 17.2. The monoisotopic (exact) mass is 461 g/mol. The molecule has 0 bridgehead atoms. The van der Waals surface area contributed by atoms with E-state index in [1.807, 2.05) is 35.7 Å². The van der Waals surface area contributed by atoms with Gasteiger partial charge < -0.3 is 10.4 Å². The number of hydrogen-bond donors (Lipinski definition) is 2. The van der Waals surface area contributed by atoms with Crippen molar-refractivity contribution in [2.45, 2.75) is 110 Å². The molecule has 2 N–H and O–H groups in total. The van der Waals surface area contributed by atoms with Crippen molar-refractivity contribution in [1.82, 2.24) is 5.32 Å². The lowest BCUT2D eigenvalue weighted by Gasteiger charge is -2.19. The van der Waals surface area contributed by atoms with Gasteiger partial charge in [-0.1, -0.05) is 110 Å². The number of amides is 1. The maximum Gasteiger partial charge on any atom is 0.251 e. The third kappa shape index (κ3) is 13.3. The van der Waals surface area contributed by atoms with Crippen LogP contribution in [0.4, 0.5) is 0 Å². The number of nitrogens with one attached hydrogen (secondary N) is 1. The van der Waals surface area contributed by atoms with E-state index in [0.717, 1.165) is 5.75 Å². The molecule has 1 aromatic carbocycles. The minimum atomic E-state index is -0.352. The Bertz CT molecular complexity index is 634. The van der Waals surface area contributed by atoms with Gasteiger partial charge in [0.1, 0.15) is 0 Å². The Labute approximate surface area is 201 Å². The van der Waals surface area contributed by atoms with Gasteiger partial charge in [-0.2, -0.15) is 0 Å². The predicted octanol–water partition coefficient (Wildman–Crippen LogP) is 7.63. The Hall–Kier alpha value is -1.26. The summed E-state index contributed by atoms with van der Waals surface area (Å²) in [6.45, 7) is 8.64. The van der Waals surface area contributed by atoms with Crippen molar-refractivity contribution in [2.75, 3.05) is 12.4 Å². The predicted molar refractivity (Wildman–Crippen MR) is 142 cm³/mol. The standard InChI is InChI=1S/C28H47NO2S/c1-5-6-7-8-9-10-11-12-13-14-15-21-32-22-20-26(23-30)29-27(31)24-16-18-25(19-17-24)28(2,3)4/h16-20,22,26,30H,5-15,21,23H2,1-4H3,(H,29,31)/b22-20+/t26-/m1/s1. The molecule has 1 atom stereocenters. The molecule has 3 nitrogen and oxygen atoms in total. The Morgan fingerprint density at radius 1 is 0.938 bits per heavy atom. The minimum Gasteiger partial charge on any atom is -0.394 e. The summed E-state index contributed by atoms with van der Waals surface area (Å²) in [6.07, 6.45) is 16.8. The normalized spacial score (nSPS) is 12.9. The van der Waals surface area contributed by atoms with Crippen molar-refractivity contribution in [2.24, 2.45) is 0 Å². The van der Waals surface area contributed by atoms with Crippen LogP contribution in [0, 0.1) is 0 Å². The van der Waals surface area contributed by atoms with E-state index in [-0.39, 0.29) is 24.0 Å². The number of rotatable bonds is 17. The third-order valence-electron chi connectivity index (χ3n) is 5.80. The molecule has 0 spiro atoms. The van der Waals surface area contributed by atoms with Crippen LogP contribution in [0.15, 0.2) is 35.7 Å². The van der Waals surface area contributed by atoms with Crippen LogP contribution in [-0.4, -0.2) is 29.4 Å². The quantitative estimate of drug-likeness (QED) is 0.234. The van der Waals surface area contributed by atoms with E-state index in [2.05, 4.69) is 33.0 Å². The van der Waals surface area contributed by atoms with E-state index < -0.39 is 0 Å². The molecule has 1 amide bonds. The van der Waals surface area contributed by atoms with Gasteiger partial charge in [0.15, 0.2) is 0 Å². The summed E-state index contributed by atoms with van der Waals surface area (Å²) < 4.78 is 0. The zero-order chi connectivity index (χ0) is 23.7. The SMILES string of the molecule is CCCCCCCCCCCCCS/C=C/[C@H](CO)NC(=O)c1ccc(C(C)(C)C)cc1. The lowest BCUT2D eigenvalue weighted by atomic mass is 9.86. The van der Waals surface area contributed by atoms with Crippen molar-refractivity contribution < 1.29 is 9.90 Å². The molecule has 0 fully saturated rings. The van der Waals surface area contributed by atoms with Crippen LogP contribution in [0.3, 0.4) is 0 Å². The number of carbonyl (C=O) groups excluding carboxylic acids is 1. The molecule has 0 aliphatic rings. The molecule has 0 saturated carbocycles. The van der Waals surface area contributed by atoms with E-state index in [9.17, 15) is 9.90 Å². The Morgan fingerprint density at radius 3 is 1.97 bits per heavy atom. The highest BCUT2D eigenvalue weighted by atomic mass is 32.2. The average Bonchev–Trinajstić information content (AvgIpc) is 2.77. The van der Waals surface area contributed by atoms with Gasteiger partial charge in [-0.15, -0.1) is 11.8 Å². The highest BCUT2D eigenvalue weighted by Gasteiger charge is 2.15. The smallest absolute Gasteiger partial charge is 0.251 e. The van der Waals surface area contributed by atoms with Gasteiger partial charge in [0, 0.05) is 5.56 Å². The van der Waals surface area contributed by atoms with Crippen molar-refractivity contribution in [1.29, 1.82) is 0 Å². The summed E-state index contributed by atoms with van der Waals surface area (Å²) in [6, 6.07) is 7.36. The molecule has 0 unspecified atom stereocenters. The fraction of sp³-hybridized carbons (Fsp3) is 0.679. The maximum atomic E-state index is 12.5. The molecule has 0 radical (unpaired) electrons. The lowest BCUT2D eigenvalue weighted by Crippen LogP contribution is -2.36. The first kappa shape index (κ1) is 28.8. The summed E-state index contributed by atoms with van der Waals surface area (Å²) in [7, 11) is 0. The van der Waals surface area contributed by atoms with E-state index in [0.29, 0.717) is 5.56 Å². The van der Waals surface area contributed by atoms with Crippen LogP contribution in [0.1, 0.15) is 114 Å². The zero-order valence-electron chi connectivity index (χ0n) is 21.0. The van der Waals surface area contributed by atoms with Gasteiger partial charge in [-0.3, -0.25) is 4.79 Å². The molecular formula is C28H47NO2S. The maximum absolute atomic E-state index is 12.5. The first-order chi connectivity index (χ1) is 15.4. The van der Waals surface area contributed by atoms with Crippen molar-refractivity contribution >= 4 is 17.7 Å². The number of unbranched alkanes of at least 4 members (excludes halogenated alkanes) is 10. The number of thioether (sulfide) groups is 1. The van der Waals surface area contributed by atoms with Crippen molar-refractivity contribution in [3.63, 3.8) is 0 Å². The summed E-state index contributed by atoms with van der Waals surface area (Å²) in [4.78, 5) is 12.5.